The Balaban J connectivity index is 2.05. The number of amides is 1. The topological polar surface area (TPSA) is 73.8 Å². The summed E-state index contributed by atoms with van der Waals surface area (Å²) < 4.78 is 5.39. The van der Waals surface area contributed by atoms with Crippen LogP contribution < -0.4 is 10.7 Å². The number of hydrogen-bond acceptors (Lipinski definition) is 5. The van der Waals surface area contributed by atoms with Crippen LogP contribution in [0.25, 0.3) is 21.5 Å². The van der Waals surface area contributed by atoms with Gasteiger partial charge in [0.1, 0.15) is 0 Å². The highest BCUT2D eigenvalue weighted by molar-refractivity contribution is 6.06. The van der Waals surface area contributed by atoms with Crippen LogP contribution >= 0.6 is 0 Å². The fraction of sp³-hybridized carbons (Fsp3) is 0.393. The zero-order chi connectivity index (χ0) is 24.5. The van der Waals surface area contributed by atoms with Gasteiger partial charge in [-0.2, -0.15) is 0 Å². The van der Waals surface area contributed by atoms with E-state index in [-0.39, 0.29) is 18.6 Å². The van der Waals surface area contributed by atoms with Crippen molar-refractivity contribution in [1.29, 1.82) is 0 Å². The van der Waals surface area contributed by atoms with Crippen molar-refractivity contribution < 1.29 is 14.6 Å². The van der Waals surface area contributed by atoms with Gasteiger partial charge in [0.05, 0.1) is 25.9 Å². The predicted molar refractivity (Wildman–Crippen MR) is 139 cm³/mol. The molecule has 3 aromatic carbocycles. The van der Waals surface area contributed by atoms with Gasteiger partial charge in [0.2, 0.25) is 0 Å². The molecule has 0 bridgehead atoms. The van der Waals surface area contributed by atoms with Crippen molar-refractivity contribution in [3.05, 3.63) is 71.8 Å². The van der Waals surface area contributed by atoms with Gasteiger partial charge in [-0.15, -0.1) is 0 Å². The van der Waals surface area contributed by atoms with E-state index in [4.69, 9.17) is 9.84 Å². The molecule has 0 aromatic heterocycles. The summed E-state index contributed by atoms with van der Waals surface area (Å²) in [4.78, 5) is 12.5. The quantitative estimate of drug-likeness (QED) is 0.151. The van der Waals surface area contributed by atoms with Crippen LogP contribution in [0.3, 0.4) is 0 Å². The molecule has 34 heavy (non-hydrogen) atoms. The van der Waals surface area contributed by atoms with Crippen molar-refractivity contribution in [3.63, 3.8) is 0 Å². The minimum absolute atomic E-state index is 0.0352. The molecule has 0 aliphatic carbocycles. The molecule has 1 amide bonds. The van der Waals surface area contributed by atoms with Crippen LogP contribution in [-0.2, 0) is 16.1 Å². The fourth-order valence-electron chi connectivity index (χ4n) is 4.39. The second kappa shape index (κ2) is 12.6. The molecule has 182 valence electrons. The Bertz CT molecular complexity index is 1070. The van der Waals surface area contributed by atoms with E-state index in [9.17, 15) is 4.79 Å². The molecule has 3 N–H and O–H groups in total. The van der Waals surface area contributed by atoms with E-state index in [1.165, 1.54) is 32.7 Å². The Morgan fingerprint density at radius 2 is 1.65 bits per heavy atom. The molecule has 0 aliphatic rings. The van der Waals surface area contributed by atoms with Crippen LogP contribution in [-0.4, -0.2) is 48.9 Å². The highest BCUT2D eigenvalue weighted by Gasteiger charge is 2.23. The van der Waals surface area contributed by atoms with Gasteiger partial charge in [-0.1, -0.05) is 62.0 Å². The zero-order valence-corrected chi connectivity index (χ0v) is 20.6. The van der Waals surface area contributed by atoms with Gasteiger partial charge in [-0.3, -0.25) is 10.2 Å². The van der Waals surface area contributed by atoms with E-state index in [1.54, 1.807) is 6.92 Å². The SMILES string of the molecule is C=C(C)C(=O)NN(CCC)C(C)c1c2ccccc2c(CNCCOCCO)c2ccccc12. The smallest absolute Gasteiger partial charge is 0.260 e. The maximum absolute atomic E-state index is 12.5. The summed E-state index contributed by atoms with van der Waals surface area (Å²) in [5.41, 5.74) is 6.01. The number of rotatable bonds is 13. The monoisotopic (exact) mass is 463 g/mol. The molecular formula is C28H37N3O3. The standard InChI is InChI=1S/C28H37N3O3/c1-5-15-31(30-28(33)20(2)3)21(4)27-24-12-8-6-10-22(24)26(19-29-14-17-34-18-16-32)23-11-7-9-13-25(23)27/h6-13,21,29,32H,2,5,14-19H2,1,3-4H3,(H,30,33). The van der Waals surface area contributed by atoms with Crippen LogP contribution in [0.5, 0.6) is 0 Å². The number of carbonyl (C=O) groups excluding carboxylic acids is 1. The van der Waals surface area contributed by atoms with Crippen LogP contribution in [0, 0.1) is 0 Å². The first-order chi connectivity index (χ1) is 16.5. The van der Waals surface area contributed by atoms with Crippen molar-refractivity contribution in [3.8, 4) is 0 Å². The van der Waals surface area contributed by atoms with Gasteiger partial charge in [-0.25, -0.2) is 5.01 Å². The first-order valence-electron chi connectivity index (χ1n) is 12.0. The normalized spacial score (nSPS) is 12.4. The maximum Gasteiger partial charge on any atom is 0.260 e. The number of ether oxygens (including phenoxy) is 1. The number of hydrazine groups is 1. The van der Waals surface area contributed by atoms with E-state index in [0.29, 0.717) is 31.9 Å². The van der Waals surface area contributed by atoms with Crippen molar-refractivity contribution in [1.82, 2.24) is 15.8 Å². The van der Waals surface area contributed by atoms with E-state index in [1.807, 2.05) is 5.01 Å². The van der Waals surface area contributed by atoms with E-state index in [2.05, 4.69) is 79.7 Å². The lowest BCUT2D eigenvalue weighted by atomic mass is 9.88. The van der Waals surface area contributed by atoms with Gasteiger partial charge in [0, 0.05) is 25.2 Å². The highest BCUT2D eigenvalue weighted by atomic mass is 16.5. The molecule has 6 nitrogen and oxygen atoms in total. The summed E-state index contributed by atoms with van der Waals surface area (Å²) >= 11 is 0. The van der Waals surface area contributed by atoms with Crippen molar-refractivity contribution in [2.24, 2.45) is 0 Å². The number of aliphatic hydroxyl groups is 1. The summed E-state index contributed by atoms with van der Waals surface area (Å²) in [6, 6.07) is 17.0. The predicted octanol–water partition coefficient (Wildman–Crippen LogP) is 4.47. The average Bonchev–Trinajstić information content (AvgIpc) is 2.84. The molecule has 0 spiro atoms. The third-order valence-corrected chi connectivity index (χ3v) is 6.03. The van der Waals surface area contributed by atoms with Gasteiger partial charge >= 0.3 is 0 Å². The molecule has 0 saturated carbocycles. The summed E-state index contributed by atoms with van der Waals surface area (Å²) in [5.74, 6) is -0.154. The van der Waals surface area contributed by atoms with Crippen molar-refractivity contribution in [2.45, 2.75) is 39.8 Å². The first kappa shape index (κ1) is 25.8. The summed E-state index contributed by atoms with van der Waals surface area (Å²) in [6.45, 7) is 12.9. The highest BCUT2D eigenvalue weighted by Crippen LogP contribution is 2.38. The number of fused-ring (bicyclic) bond motifs is 2. The molecule has 0 radical (unpaired) electrons. The minimum Gasteiger partial charge on any atom is -0.394 e. The number of carbonyl (C=O) groups is 1. The second-order valence-electron chi connectivity index (χ2n) is 8.59. The van der Waals surface area contributed by atoms with Crippen LogP contribution in [0.4, 0.5) is 0 Å². The molecule has 6 heteroatoms. The van der Waals surface area contributed by atoms with Crippen LogP contribution in [0.2, 0.25) is 0 Å². The van der Waals surface area contributed by atoms with Crippen LogP contribution in [0.1, 0.15) is 44.4 Å². The number of hydrogen-bond donors (Lipinski definition) is 3. The van der Waals surface area contributed by atoms with E-state index in [0.717, 1.165) is 13.0 Å². The van der Waals surface area contributed by atoms with Crippen LogP contribution in [0.15, 0.2) is 60.7 Å². The third-order valence-electron chi connectivity index (χ3n) is 6.03. The summed E-state index contributed by atoms with van der Waals surface area (Å²) in [6.07, 6.45) is 0.914. The van der Waals surface area contributed by atoms with E-state index < -0.39 is 0 Å². The number of nitrogens with zero attached hydrogens (tertiary/aromatic N) is 1. The zero-order valence-electron chi connectivity index (χ0n) is 20.6. The van der Waals surface area contributed by atoms with Gasteiger partial charge in [-0.05, 0) is 52.9 Å². The Labute approximate surface area is 202 Å². The third kappa shape index (κ3) is 6.02. The Morgan fingerprint density at radius 3 is 2.18 bits per heavy atom. The molecule has 0 fully saturated rings. The number of benzene rings is 3. The van der Waals surface area contributed by atoms with Crippen molar-refractivity contribution in [2.75, 3.05) is 32.9 Å². The molecule has 0 aliphatic heterocycles. The van der Waals surface area contributed by atoms with Gasteiger partial charge < -0.3 is 15.2 Å². The Kier molecular flexibility index (Phi) is 9.60. The molecular weight excluding hydrogens is 426 g/mol. The molecule has 1 atom stereocenters. The second-order valence-corrected chi connectivity index (χ2v) is 8.59. The number of aliphatic hydroxyl groups excluding tert-OH is 1. The van der Waals surface area contributed by atoms with Crippen molar-refractivity contribution >= 4 is 27.5 Å². The average molecular weight is 464 g/mol. The lowest BCUT2D eigenvalue weighted by Gasteiger charge is -2.31. The van der Waals surface area contributed by atoms with E-state index >= 15 is 0 Å². The fourth-order valence-corrected chi connectivity index (χ4v) is 4.39. The first-order valence-corrected chi connectivity index (χ1v) is 12.0. The molecule has 0 saturated heterocycles. The number of nitrogens with one attached hydrogen (secondary N) is 2. The largest absolute Gasteiger partial charge is 0.394 e. The Morgan fingerprint density at radius 1 is 1.06 bits per heavy atom. The Hall–Kier alpha value is -2.77. The lowest BCUT2D eigenvalue weighted by molar-refractivity contribution is -0.123. The maximum atomic E-state index is 12.5. The summed E-state index contributed by atoms with van der Waals surface area (Å²) in [7, 11) is 0. The molecule has 3 aromatic rings. The summed E-state index contributed by atoms with van der Waals surface area (Å²) in [5, 5.41) is 19.2. The lowest BCUT2D eigenvalue weighted by Crippen LogP contribution is -2.44. The minimum atomic E-state index is -0.154. The van der Waals surface area contributed by atoms with Gasteiger partial charge in [0.15, 0.2) is 0 Å². The van der Waals surface area contributed by atoms with Gasteiger partial charge in [0.25, 0.3) is 5.91 Å². The molecule has 0 heterocycles. The molecule has 3 rings (SSSR count). The molecule has 1 unspecified atom stereocenters.